The van der Waals surface area contributed by atoms with Gasteiger partial charge in [-0.3, -0.25) is 30.3 Å². The van der Waals surface area contributed by atoms with Crippen LogP contribution in [0.15, 0.2) is 69.0 Å². The number of hydrogen-bond acceptors (Lipinski definition) is 15. The topological polar surface area (TPSA) is 316 Å². The van der Waals surface area contributed by atoms with Gasteiger partial charge in [0.15, 0.2) is 34.5 Å². The van der Waals surface area contributed by atoms with E-state index in [1.807, 2.05) is 36.4 Å². The van der Waals surface area contributed by atoms with Crippen LogP contribution in [-0.2, 0) is 38.5 Å². The van der Waals surface area contributed by atoms with E-state index in [4.69, 9.17) is 28.4 Å². The van der Waals surface area contributed by atoms with Gasteiger partial charge < -0.3 is 59.3 Å². The number of fused-ring (bicyclic) bond motifs is 3. The maximum Gasteiger partial charge on any atom is 0.321 e. The van der Waals surface area contributed by atoms with Crippen LogP contribution >= 0.6 is 0 Å². The molecule has 3 aromatic heterocycles. The van der Waals surface area contributed by atoms with Crippen LogP contribution in [0.1, 0.15) is 245 Å². The fourth-order valence-electron chi connectivity index (χ4n) is 12.8. The first-order chi connectivity index (χ1) is 49.8. The quantitative estimate of drug-likeness (QED) is 0.0160. The highest BCUT2D eigenvalue weighted by Gasteiger charge is 2.24. The zero-order valence-corrected chi connectivity index (χ0v) is 61.5. The van der Waals surface area contributed by atoms with Crippen molar-refractivity contribution < 1.29 is 42.8 Å². The summed E-state index contributed by atoms with van der Waals surface area (Å²) in [6.45, 7) is 7.18. The van der Waals surface area contributed by atoms with Crippen molar-refractivity contribution in [3.8, 4) is 34.5 Å². The number of carbonyl (C=O) groups excluding carboxylic acids is 3. The molecule has 0 bridgehead atoms. The average molecular weight is 1410 g/mol. The second kappa shape index (κ2) is 45.7. The first kappa shape index (κ1) is 80.2. The number of nitrogens with one attached hydrogen (secondary N) is 9. The molecule has 3 aromatic carbocycles. The van der Waals surface area contributed by atoms with Gasteiger partial charge in [0.1, 0.15) is 19.8 Å². The Morgan fingerprint density at radius 1 is 0.333 bits per heavy atom. The Kier molecular flexibility index (Phi) is 36.0. The summed E-state index contributed by atoms with van der Waals surface area (Å²) in [5, 5.41) is 16.4. The number of anilines is 3. The van der Waals surface area contributed by atoms with Gasteiger partial charge in [0, 0.05) is 35.3 Å². The number of methoxy groups -OCH3 is 3. The van der Waals surface area contributed by atoms with Crippen molar-refractivity contribution in [1.29, 1.82) is 0 Å². The molecule has 0 saturated heterocycles. The van der Waals surface area contributed by atoms with E-state index in [1.54, 1.807) is 21.3 Å². The van der Waals surface area contributed by atoms with Crippen LogP contribution in [0, 0.1) is 0 Å². The van der Waals surface area contributed by atoms with Crippen molar-refractivity contribution in [3.63, 3.8) is 0 Å². The Bertz CT molecular complexity index is 3350. The molecule has 6 aromatic rings. The number of aryl methyl sites for hydroxylation is 3. The van der Waals surface area contributed by atoms with E-state index in [-0.39, 0.29) is 57.3 Å². The van der Waals surface area contributed by atoms with E-state index in [2.05, 4.69) is 82.6 Å². The van der Waals surface area contributed by atoms with Crippen molar-refractivity contribution in [2.24, 2.45) is 0 Å². The molecule has 558 valence electrons. The number of unbranched alkanes of at least 4 members (excludes halogenated alkanes) is 24. The number of nitrogens with zero attached hydrogens (tertiary/aromatic N) is 3. The van der Waals surface area contributed by atoms with Crippen LogP contribution in [0.5, 0.6) is 34.5 Å². The molecule has 0 radical (unpaired) electrons. The molecule has 0 unspecified atom stereocenters. The number of aromatic nitrogens is 6. The van der Waals surface area contributed by atoms with E-state index >= 15 is 0 Å². The van der Waals surface area contributed by atoms with Crippen LogP contribution in [0.2, 0.25) is 0 Å². The molecule has 6 amide bonds. The van der Waals surface area contributed by atoms with Gasteiger partial charge in [-0.1, -0.05) is 175 Å². The molecule has 0 aliphatic heterocycles. The maximum absolute atomic E-state index is 13.2. The summed E-state index contributed by atoms with van der Waals surface area (Å²) < 4.78 is 37.1. The molecule has 24 nitrogen and oxygen atoms in total. The molecule has 102 heavy (non-hydrogen) atoms. The van der Waals surface area contributed by atoms with Gasteiger partial charge in [-0.2, -0.15) is 15.0 Å². The lowest BCUT2D eigenvalue weighted by atomic mass is 9.94. The van der Waals surface area contributed by atoms with Gasteiger partial charge >= 0.3 is 18.1 Å². The lowest BCUT2D eigenvalue weighted by Crippen LogP contribution is -2.33. The monoisotopic (exact) mass is 1410 g/mol. The summed E-state index contributed by atoms with van der Waals surface area (Å²) in [5.41, 5.74) is 6.38. The zero-order chi connectivity index (χ0) is 72.5. The molecular weight excluding hydrogens is 1300 g/mol. The SMILES string of the molecule is CCCCCCCCCCCc1cc(=O)nc(NC(=O)NCCOc2cc3c(cc2OC)Cc2cc(OCCNC(=O)Nc4nc(=O)cc(CCCCCCCCCCC)[nH]4)c(OC)cc2Cc2cc(OCCNC(=O)Nc4nc(=O)cc(CCCCCCCCCCC)[nH]4)c(OC)cc2C3)[nH]1. The van der Waals surface area contributed by atoms with Gasteiger partial charge in [0.2, 0.25) is 17.8 Å². The van der Waals surface area contributed by atoms with Crippen LogP contribution in [0.25, 0.3) is 0 Å². The Morgan fingerprint density at radius 3 is 0.794 bits per heavy atom. The number of benzene rings is 3. The number of carbonyl (C=O) groups is 3. The van der Waals surface area contributed by atoms with E-state index in [0.29, 0.717) is 73.0 Å². The smallest absolute Gasteiger partial charge is 0.321 e. The van der Waals surface area contributed by atoms with Gasteiger partial charge in [0.05, 0.1) is 41.0 Å². The predicted molar refractivity (Wildman–Crippen MR) is 402 cm³/mol. The number of ether oxygens (including phenoxy) is 6. The van der Waals surface area contributed by atoms with Gasteiger partial charge in [-0.05, 0) is 128 Å². The molecule has 0 spiro atoms. The molecular formula is C78H114N12O12. The summed E-state index contributed by atoms with van der Waals surface area (Å²) in [6.07, 6.45) is 35.3. The van der Waals surface area contributed by atoms with Gasteiger partial charge in [-0.25, -0.2) is 14.4 Å². The normalized spacial score (nSPS) is 11.6. The van der Waals surface area contributed by atoms with Crippen LogP contribution in [0.3, 0.4) is 0 Å². The van der Waals surface area contributed by atoms with Crippen LogP contribution in [0.4, 0.5) is 32.2 Å². The third kappa shape index (κ3) is 29.1. The van der Waals surface area contributed by atoms with Crippen LogP contribution < -0.4 is 77.0 Å². The van der Waals surface area contributed by atoms with E-state index in [9.17, 15) is 28.8 Å². The second-order valence-corrected chi connectivity index (χ2v) is 26.5. The fourth-order valence-corrected chi connectivity index (χ4v) is 12.8. The number of amides is 6. The Morgan fingerprint density at radius 2 is 0.559 bits per heavy atom. The number of urea groups is 3. The summed E-state index contributed by atoms with van der Waals surface area (Å²) in [5.74, 6) is 2.94. The third-order valence-electron chi connectivity index (χ3n) is 18.3. The first-order valence-electron chi connectivity index (χ1n) is 37.7. The van der Waals surface area contributed by atoms with Gasteiger partial charge in [0.25, 0.3) is 16.7 Å². The fraction of sp³-hybridized carbons (Fsp3) is 0.577. The minimum Gasteiger partial charge on any atom is -0.493 e. The molecule has 0 fully saturated rings. The highest BCUT2D eigenvalue weighted by Crippen LogP contribution is 2.41. The second-order valence-electron chi connectivity index (χ2n) is 26.5. The summed E-state index contributed by atoms with van der Waals surface area (Å²) in [6, 6.07) is 14.5. The van der Waals surface area contributed by atoms with Crippen molar-refractivity contribution >= 4 is 35.9 Å². The van der Waals surface area contributed by atoms with E-state index in [0.717, 1.165) is 108 Å². The lowest BCUT2D eigenvalue weighted by Gasteiger charge is -2.18. The van der Waals surface area contributed by atoms with Crippen molar-refractivity contribution in [2.75, 3.05) is 76.7 Å². The first-order valence-corrected chi connectivity index (χ1v) is 37.7. The average Bonchev–Trinajstić information content (AvgIpc) is 1.55. The molecule has 0 atom stereocenters. The predicted octanol–water partition coefficient (Wildman–Crippen LogP) is 14.9. The maximum atomic E-state index is 13.2. The molecule has 9 N–H and O–H groups in total. The Balaban J connectivity index is 1.02. The highest BCUT2D eigenvalue weighted by atomic mass is 16.5. The Labute approximate surface area is 601 Å². The lowest BCUT2D eigenvalue weighted by molar-refractivity contribution is 0.245. The highest BCUT2D eigenvalue weighted by molar-refractivity contribution is 5.88. The zero-order valence-electron chi connectivity index (χ0n) is 61.5. The largest absolute Gasteiger partial charge is 0.493 e. The minimum absolute atomic E-state index is 0.0677. The molecule has 3 heterocycles. The Hall–Kier alpha value is -9.09. The van der Waals surface area contributed by atoms with Gasteiger partial charge in [-0.15, -0.1) is 0 Å². The molecule has 0 saturated carbocycles. The van der Waals surface area contributed by atoms with Crippen molar-refractivity contribution in [2.45, 2.75) is 233 Å². The number of H-pyrrole nitrogens is 3. The molecule has 7 rings (SSSR count). The number of hydrogen-bond donors (Lipinski definition) is 9. The standard InChI is InChI=1S/C78H114N12O12/c1-7-10-13-16-19-22-25-28-31-34-61-52-70(91)85-73(82-61)88-76(94)79-37-40-100-67-49-58-43-56-47-65(98-5)69(102-42-39-81-78(96)90-75-84-63(54-72(93)87-75)36-33-30-27-24-21-18-15-12-9-3)51-60(56)45-57-48-66(99-6)68(50-59(57)44-55(58)46-64(67)97-4)101-41-38-80-77(95)89-74-83-62(53-71(92)86-74)35-32-29-26-23-20-17-14-11-8-2/h46-54H,7-45H2,1-6H3,(H3,79,82,85,88,91,94)(H3,80,83,86,89,92,95)(H3,81,84,87,90,93,96). The number of rotatable bonds is 48. The summed E-state index contributed by atoms with van der Waals surface area (Å²) in [4.78, 5) is 98.5. The van der Waals surface area contributed by atoms with E-state index in [1.165, 1.54) is 134 Å². The van der Waals surface area contributed by atoms with Crippen LogP contribution in [-0.4, -0.2) is 109 Å². The number of aromatic amines is 3. The van der Waals surface area contributed by atoms with Crippen molar-refractivity contribution in [3.05, 3.63) is 136 Å². The molecule has 24 heteroatoms. The summed E-state index contributed by atoms with van der Waals surface area (Å²) >= 11 is 0. The molecule has 1 aliphatic carbocycles. The minimum atomic E-state index is -0.557. The third-order valence-corrected chi connectivity index (χ3v) is 18.3. The molecule has 1 aliphatic rings. The summed E-state index contributed by atoms with van der Waals surface area (Å²) in [7, 11) is 4.71. The van der Waals surface area contributed by atoms with Crippen molar-refractivity contribution in [1.82, 2.24) is 45.9 Å². The van der Waals surface area contributed by atoms with E-state index < -0.39 is 34.8 Å².